The van der Waals surface area contributed by atoms with Crippen LogP contribution >= 0.6 is 15.6 Å². The van der Waals surface area contributed by atoms with Crippen LogP contribution in [0.1, 0.15) is 453 Å². The van der Waals surface area contributed by atoms with Gasteiger partial charge in [-0.25, -0.2) is 9.13 Å². The third kappa shape index (κ3) is 78.5. The molecule has 0 bridgehead atoms. The highest BCUT2D eigenvalue weighted by Gasteiger charge is 2.30. The molecule has 0 aliphatic heterocycles. The highest BCUT2D eigenvalue weighted by atomic mass is 31.2. The minimum Gasteiger partial charge on any atom is -0.462 e. The molecule has 0 heterocycles. The zero-order chi connectivity index (χ0) is 77.2. The molecule has 0 saturated heterocycles. The molecule has 0 radical (unpaired) electrons. The van der Waals surface area contributed by atoms with Gasteiger partial charge in [0.05, 0.1) is 26.4 Å². The fraction of sp³-hybridized carbons (Fsp3) is 0.953. The van der Waals surface area contributed by atoms with Crippen molar-refractivity contribution in [3.63, 3.8) is 0 Å². The number of rotatable bonds is 84. The topological polar surface area (TPSA) is 237 Å². The molecule has 0 amide bonds. The Bertz CT molecular complexity index is 2030. The van der Waals surface area contributed by atoms with Gasteiger partial charge >= 0.3 is 39.5 Å². The molecule has 0 spiro atoms. The summed E-state index contributed by atoms with van der Waals surface area (Å²) in [5.74, 6) is 0.229. The standard InChI is InChI=1S/C86H168O17P2/c1-8-10-11-12-13-14-15-16-17-18-19-20-21-22-23-26-30-33-39-48-55-62-69-85(90)102-81(73-96-83(88)67-60-53-46-38-32-29-27-24-25-28-31-36-43-50-57-64-77(3)4)75-100-104(92,93)98-71-80(87)72-99-105(94,95)101-76-82(74-97-84(89)68-61-54-47-42-41-45-52-59-66-79(7)9-2)103-86(91)70-63-56-49-40-35-34-37-44-51-58-65-78(5)6/h77-82,87H,8-76H2,1-7H3,(H,92,93)(H,94,95)/t79?,80-,81-,82-/m1/s1. The van der Waals surface area contributed by atoms with E-state index in [4.69, 9.17) is 37.0 Å². The van der Waals surface area contributed by atoms with E-state index in [9.17, 15) is 43.2 Å². The molecule has 0 rings (SSSR count). The average molecular weight is 1540 g/mol. The largest absolute Gasteiger partial charge is 0.472 e. The SMILES string of the molecule is CCCCCCCCCCCCCCCCCCCCCCCCC(=O)O[C@H](COC(=O)CCCCCCCCCCCCCCCCCC(C)C)COP(=O)(O)OC[C@@H](O)COP(=O)(O)OC[C@@H](COC(=O)CCCCCCCCCCC(C)CC)OC(=O)CCCCCCCCCCCCC(C)C. The van der Waals surface area contributed by atoms with Gasteiger partial charge in [-0.3, -0.25) is 37.3 Å². The molecule has 19 heteroatoms. The minimum atomic E-state index is -4.97. The van der Waals surface area contributed by atoms with Crippen molar-refractivity contribution in [2.75, 3.05) is 39.6 Å². The van der Waals surface area contributed by atoms with Gasteiger partial charge in [-0.1, -0.05) is 402 Å². The van der Waals surface area contributed by atoms with Gasteiger partial charge in [0, 0.05) is 25.7 Å². The Kier molecular flexibility index (Phi) is 74.7. The van der Waals surface area contributed by atoms with E-state index in [-0.39, 0.29) is 25.7 Å². The van der Waals surface area contributed by atoms with Crippen LogP contribution in [0.2, 0.25) is 0 Å². The predicted octanol–water partition coefficient (Wildman–Crippen LogP) is 26.1. The van der Waals surface area contributed by atoms with Gasteiger partial charge < -0.3 is 33.8 Å². The Labute approximate surface area is 645 Å². The number of phosphoric acid groups is 2. The first-order valence-corrected chi connectivity index (χ1v) is 47.4. The highest BCUT2D eigenvalue weighted by Crippen LogP contribution is 2.45. The van der Waals surface area contributed by atoms with Crippen molar-refractivity contribution in [2.45, 2.75) is 471 Å². The van der Waals surface area contributed by atoms with Gasteiger partial charge in [-0.2, -0.15) is 0 Å². The zero-order valence-electron chi connectivity index (χ0n) is 69.2. The van der Waals surface area contributed by atoms with Crippen molar-refractivity contribution >= 4 is 39.5 Å². The molecule has 17 nitrogen and oxygen atoms in total. The Hall–Kier alpha value is -1.94. The highest BCUT2D eigenvalue weighted by molar-refractivity contribution is 7.47. The molecule has 6 atom stereocenters. The maximum Gasteiger partial charge on any atom is 0.472 e. The van der Waals surface area contributed by atoms with E-state index in [1.54, 1.807) is 0 Å². The van der Waals surface area contributed by atoms with Crippen molar-refractivity contribution in [3.05, 3.63) is 0 Å². The van der Waals surface area contributed by atoms with Crippen molar-refractivity contribution in [3.8, 4) is 0 Å². The Balaban J connectivity index is 5.24. The molecule has 624 valence electrons. The van der Waals surface area contributed by atoms with Crippen LogP contribution in [0.3, 0.4) is 0 Å². The van der Waals surface area contributed by atoms with Crippen LogP contribution in [0.25, 0.3) is 0 Å². The fourth-order valence-electron chi connectivity index (χ4n) is 13.3. The summed E-state index contributed by atoms with van der Waals surface area (Å²) >= 11 is 0. The minimum absolute atomic E-state index is 0.106. The number of aliphatic hydroxyl groups is 1. The van der Waals surface area contributed by atoms with Gasteiger partial charge in [0.25, 0.3) is 0 Å². The van der Waals surface area contributed by atoms with Crippen LogP contribution in [-0.2, 0) is 65.4 Å². The summed E-state index contributed by atoms with van der Waals surface area (Å²) < 4.78 is 68.9. The summed E-state index contributed by atoms with van der Waals surface area (Å²) in [6.45, 7) is 12.0. The second-order valence-corrected chi connectivity index (χ2v) is 35.0. The van der Waals surface area contributed by atoms with E-state index in [1.807, 2.05) is 0 Å². The van der Waals surface area contributed by atoms with Gasteiger partial charge in [-0.05, 0) is 43.4 Å². The lowest BCUT2D eigenvalue weighted by Crippen LogP contribution is -2.30. The normalized spacial score (nSPS) is 14.1. The van der Waals surface area contributed by atoms with E-state index < -0.39 is 97.5 Å². The summed E-state index contributed by atoms with van der Waals surface area (Å²) in [4.78, 5) is 73.2. The number of hydrogen-bond donors (Lipinski definition) is 3. The summed E-state index contributed by atoms with van der Waals surface area (Å²) in [7, 11) is -9.93. The predicted molar refractivity (Wildman–Crippen MR) is 432 cm³/mol. The number of carbonyl (C=O) groups excluding carboxylic acids is 4. The van der Waals surface area contributed by atoms with Crippen LogP contribution < -0.4 is 0 Å². The summed E-state index contributed by atoms with van der Waals surface area (Å²) in [6, 6.07) is 0. The molecular weight excluding hydrogens is 1370 g/mol. The summed E-state index contributed by atoms with van der Waals surface area (Å²) in [5, 5.41) is 10.7. The first-order chi connectivity index (χ1) is 50.8. The second-order valence-electron chi connectivity index (χ2n) is 32.1. The van der Waals surface area contributed by atoms with Gasteiger partial charge in [0.1, 0.15) is 19.3 Å². The fourth-order valence-corrected chi connectivity index (χ4v) is 14.9. The van der Waals surface area contributed by atoms with E-state index in [1.165, 1.54) is 263 Å². The number of carbonyl (C=O) groups is 4. The average Bonchev–Trinajstić information content (AvgIpc) is 0.920. The van der Waals surface area contributed by atoms with E-state index in [0.717, 1.165) is 108 Å². The third-order valence-electron chi connectivity index (χ3n) is 20.5. The lowest BCUT2D eigenvalue weighted by atomic mass is 9.99. The second kappa shape index (κ2) is 76.1. The summed E-state index contributed by atoms with van der Waals surface area (Å²) in [6.07, 6.45) is 66.7. The Morgan fingerprint density at radius 3 is 0.724 bits per heavy atom. The zero-order valence-corrected chi connectivity index (χ0v) is 71.0. The van der Waals surface area contributed by atoms with Crippen LogP contribution in [0, 0.1) is 17.8 Å². The molecule has 0 aliphatic rings. The molecule has 0 aromatic heterocycles. The quantitative estimate of drug-likeness (QED) is 0.0222. The number of unbranched alkanes of at least 4 members (excludes halogenated alkanes) is 51. The van der Waals surface area contributed by atoms with Crippen LogP contribution in [0.5, 0.6) is 0 Å². The van der Waals surface area contributed by atoms with Gasteiger partial charge in [-0.15, -0.1) is 0 Å². The molecule has 105 heavy (non-hydrogen) atoms. The molecule has 0 aromatic carbocycles. The first kappa shape index (κ1) is 103. The molecule has 0 fully saturated rings. The smallest absolute Gasteiger partial charge is 0.462 e. The van der Waals surface area contributed by atoms with E-state index >= 15 is 0 Å². The molecule has 0 aromatic rings. The van der Waals surface area contributed by atoms with Crippen LogP contribution in [-0.4, -0.2) is 96.7 Å². The molecular formula is C86H168O17P2. The number of hydrogen-bond acceptors (Lipinski definition) is 15. The number of aliphatic hydroxyl groups excluding tert-OH is 1. The summed E-state index contributed by atoms with van der Waals surface area (Å²) in [5.41, 5.74) is 0. The molecule has 0 saturated carbocycles. The van der Waals surface area contributed by atoms with E-state index in [2.05, 4.69) is 48.5 Å². The van der Waals surface area contributed by atoms with Crippen LogP contribution in [0.4, 0.5) is 0 Å². The maximum atomic E-state index is 13.1. The Morgan fingerprint density at radius 2 is 0.486 bits per heavy atom. The van der Waals surface area contributed by atoms with Crippen molar-refractivity contribution in [1.29, 1.82) is 0 Å². The van der Waals surface area contributed by atoms with Crippen molar-refractivity contribution in [2.24, 2.45) is 17.8 Å². The number of phosphoric ester groups is 2. The molecule has 3 unspecified atom stereocenters. The number of esters is 4. The lowest BCUT2D eigenvalue weighted by Gasteiger charge is -2.21. The molecule has 0 aliphatic carbocycles. The van der Waals surface area contributed by atoms with Gasteiger partial charge in [0.2, 0.25) is 0 Å². The first-order valence-electron chi connectivity index (χ1n) is 44.4. The van der Waals surface area contributed by atoms with Crippen molar-refractivity contribution in [1.82, 2.24) is 0 Å². The maximum absolute atomic E-state index is 13.1. The lowest BCUT2D eigenvalue weighted by molar-refractivity contribution is -0.161. The van der Waals surface area contributed by atoms with Crippen LogP contribution in [0.15, 0.2) is 0 Å². The molecule has 3 N–H and O–H groups in total. The third-order valence-corrected chi connectivity index (χ3v) is 22.4. The van der Waals surface area contributed by atoms with Gasteiger partial charge in [0.15, 0.2) is 12.2 Å². The Morgan fingerprint density at radius 1 is 0.276 bits per heavy atom. The monoisotopic (exact) mass is 1540 g/mol. The number of ether oxygens (including phenoxy) is 4. The van der Waals surface area contributed by atoms with E-state index in [0.29, 0.717) is 25.7 Å². The van der Waals surface area contributed by atoms with Crippen molar-refractivity contribution < 1.29 is 80.2 Å².